The van der Waals surface area contributed by atoms with Crippen molar-refractivity contribution in [2.45, 2.75) is 78.1 Å². The average Bonchev–Trinajstić information content (AvgIpc) is 2.97. The van der Waals surface area contributed by atoms with Crippen LogP contribution in [0.5, 0.6) is 0 Å². The van der Waals surface area contributed by atoms with Crippen molar-refractivity contribution in [2.24, 2.45) is 34.5 Å². The van der Waals surface area contributed by atoms with E-state index in [2.05, 4.69) is 13.8 Å². The molecule has 0 amide bonds. The molecule has 0 radical (unpaired) electrons. The number of rotatable bonds is 4. The predicted octanol–water partition coefficient (Wildman–Crippen LogP) is 4.57. The van der Waals surface area contributed by atoms with Crippen LogP contribution in [0.3, 0.4) is 0 Å². The van der Waals surface area contributed by atoms with Gasteiger partial charge in [-0.25, -0.2) is 0 Å². The lowest BCUT2D eigenvalue weighted by Crippen LogP contribution is -2.51. The highest BCUT2D eigenvalue weighted by Gasteiger charge is 2.59. The van der Waals surface area contributed by atoms with E-state index in [-0.39, 0.29) is 35.4 Å². The minimum Gasteiger partial charge on any atom is -0.481 e. The Kier molecular flexibility index (Phi) is 4.59. The molecule has 4 rings (SSSR count). The first-order chi connectivity index (χ1) is 12.8. The normalized spacial score (nSPS) is 43.3. The van der Waals surface area contributed by atoms with Crippen LogP contribution in [-0.2, 0) is 14.4 Å². The largest absolute Gasteiger partial charge is 0.481 e. The first kappa shape index (κ1) is 18.9. The number of carboxylic acids is 1. The lowest BCUT2D eigenvalue weighted by Gasteiger charge is -2.58. The molecule has 0 spiro atoms. The van der Waals surface area contributed by atoms with Crippen LogP contribution in [0.2, 0.25) is 0 Å². The van der Waals surface area contributed by atoms with Crippen molar-refractivity contribution >= 4 is 17.5 Å². The summed E-state index contributed by atoms with van der Waals surface area (Å²) in [4.78, 5) is 35.6. The van der Waals surface area contributed by atoms with Gasteiger partial charge in [-0.05, 0) is 79.6 Å². The first-order valence-corrected chi connectivity index (χ1v) is 10.7. The number of carbonyl (C=O) groups is 3. The number of Topliss-reactive ketones (excluding diaryl/α,β-unsaturated/α-hetero) is 1. The van der Waals surface area contributed by atoms with Gasteiger partial charge in [0.1, 0.15) is 5.78 Å². The van der Waals surface area contributed by atoms with Gasteiger partial charge in [-0.1, -0.05) is 19.4 Å². The van der Waals surface area contributed by atoms with Crippen molar-refractivity contribution in [1.29, 1.82) is 0 Å². The van der Waals surface area contributed by atoms with E-state index in [0.717, 1.165) is 44.9 Å². The Balaban J connectivity index is 1.56. The SMILES string of the molecule is C[C@]12CC[C@H]3[C@@H](CCC4=CC(=O)CC[C@@]43C)[C@@H]1CC[C@@H]2C(=O)CCC(=O)O. The van der Waals surface area contributed by atoms with E-state index in [1.54, 1.807) is 0 Å². The van der Waals surface area contributed by atoms with E-state index in [0.29, 0.717) is 30.0 Å². The molecule has 0 aliphatic heterocycles. The van der Waals surface area contributed by atoms with E-state index in [4.69, 9.17) is 5.11 Å². The number of hydrogen-bond acceptors (Lipinski definition) is 3. The van der Waals surface area contributed by atoms with E-state index < -0.39 is 5.97 Å². The number of carbonyl (C=O) groups excluding carboxylic acids is 2. The van der Waals surface area contributed by atoms with Gasteiger partial charge in [-0.3, -0.25) is 14.4 Å². The molecule has 4 aliphatic carbocycles. The highest BCUT2D eigenvalue weighted by molar-refractivity contribution is 5.91. The zero-order valence-electron chi connectivity index (χ0n) is 16.6. The molecule has 0 aromatic carbocycles. The molecule has 4 aliphatic rings. The topological polar surface area (TPSA) is 71.4 Å². The summed E-state index contributed by atoms with van der Waals surface area (Å²) in [5.41, 5.74) is 1.60. The van der Waals surface area contributed by atoms with Crippen LogP contribution >= 0.6 is 0 Å². The number of fused-ring (bicyclic) bond motifs is 5. The standard InChI is InChI=1S/C23H32O4/c1-22-11-9-15(24)13-14(22)3-4-16-17-5-6-19(20(25)7-8-21(26)27)23(17,2)12-10-18(16)22/h13,16-19H,3-12H2,1-2H3,(H,26,27)/t16-,17-,18-,19+,22-,23-/m0/s1. The zero-order valence-corrected chi connectivity index (χ0v) is 16.6. The molecule has 0 aromatic rings. The number of carboxylic acid groups (broad SMARTS) is 1. The lowest BCUT2D eigenvalue weighted by atomic mass is 9.46. The Bertz CT molecular complexity index is 707. The molecule has 0 heterocycles. The fourth-order valence-electron chi connectivity index (χ4n) is 7.49. The second-order valence-corrected chi connectivity index (χ2v) is 10.0. The molecule has 0 unspecified atom stereocenters. The summed E-state index contributed by atoms with van der Waals surface area (Å²) in [5, 5.41) is 8.93. The minimum atomic E-state index is -0.877. The van der Waals surface area contributed by atoms with Crippen molar-refractivity contribution in [1.82, 2.24) is 0 Å². The fraction of sp³-hybridized carbons (Fsp3) is 0.783. The van der Waals surface area contributed by atoms with Gasteiger partial charge in [0.15, 0.2) is 5.78 Å². The fourth-order valence-corrected chi connectivity index (χ4v) is 7.49. The maximum atomic E-state index is 12.8. The summed E-state index contributed by atoms with van der Waals surface area (Å²) in [5.74, 6) is 1.50. The van der Waals surface area contributed by atoms with Crippen LogP contribution in [-0.4, -0.2) is 22.6 Å². The second kappa shape index (κ2) is 6.56. The monoisotopic (exact) mass is 372 g/mol. The van der Waals surface area contributed by atoms with Gasteiger partial charge in [0.25, 0.3) is 0 Å². The van der Waals surface area contributed by atoms with Crippen molar-refractivity contribution in [3.63, 3.8) is 0 Å². The summed E-state index contributed by atoms with van der Waals surface area (Å²) in [7, 11) is 0. The summed E-state index contributed by atoms with van der Waals surface area (Å²) in [6.45, 7) is 4.69. The average molecular weight is 373 g/mol. The maximum Gasteiger partial charge on any atom is 0.303 e. The summed E-state index contributed by atoms with van der Waals surface area (Å²) in [6, 6.07) is 0. The third-order valence-corrected chi connectivity index (χ3v) is 8.94. The van der Waals surface area contributed by atoms with E-state index in [1.165, 1.54) is 5.57 Å². The van der Waals surface area contributed by atoms with E-state index in [1.807, 2.05) is 6.08 Å². The predicted molar refractivity (Wildman–Crippen MR) is 102 cm³/mol. The van der Waals surface area contributed by atoms with Gasteiger partial charge in [0, 0.05) is 18.8 Å². The van der Waals surface area contributed by atoms with E-state index in [9.17, 15) is 14.4 Å². The van der Waals surface area contributed by atoms with Gasteiger partial charge in [-0.2, -0.15) is 0 Å². The van der Waals surface area contributed by atoms with Crippen molar-refractivity contribution in [3.8, 4) is 0 Å². The van der Waals surface area contributed by atoms with Crippen LogP contribution in [0.15, 0.2) is 11.6 Å². The molecular weight excluding hydrogens is 340 g/mol. The molecular formula is C23H32O4. The van der Waals surface area contributed by atoms with Crippen LogP contribution in [0.1, 0.15) is 78.1 Å². The Morgan fingerprint density at radius 1 is 1.04 bits per heavy atom. The van der Waals surface area contributed by atoms with Gasteiger partial charge in [0.05, 0.1) is 6.42 Å². The Labute approximate surface area is 161 Å². The Morgan fingerprint density at radius 3 is 2.56 bits per heavy atom. The van der Waals surface area contributed by atoms with Crippen molar-refractivity contribution < 1.29 is 19.5 Å². The summed E-state index contributed by atoms with van der Waals surface area (Å²) >= 11 is 0. The number of hydrogen-bond donors (Lipinski definition) is 1. The lowest BCUT2D eigenvalue weighted by molar-refractivity contribution is -0.140. The van der Waals surface area contributed by atoms with Gasteiger partial charge in [-0.15, -0.1) is 0 Å². The molecule has 4 nitrogen and oxygen atoms in total. The Hall–Kier alpha value is -1.45. The van der Waals surface area contributed by atoms with Gasteiger partial charge < -0.3 is 5.11 Å². The van der Waals surface area contributed by atoms with Crippen LogP contribution in [0, 0.1) is 34.5 Å². The molecule has 3 saturated carbocycles. The van der Waals surface area contributed by atoms with Crippen molar-refractivity contribution in [3.05, 3.63) is 11.6 Å². The molecule has 4 heteroatoms. The van der Waals surface area contributed by atoms with Crippen molar-refractivity contribution in [2.75, 3.05) is 0 Å². The quantitative estimate of drug-likeness (QED) is 0.785. The Morgan fingerprint density at radius 2 is 1.81 bits per heavy atom. The molecule has 148 valence electrons. The number of allylic oxidation sites excluding steroid dienone is 1. The third-order valence-electron chi connectivity index (χ3n) is 8.94. The highest BCUT2D eigenvalue weighted by atomic mass is 16.4. The molecule has 0 saturated heterocycles. The molecule has 0 bridgehead atoms. The maximum absolute atomic E-state index is 12.8. The molecule has 27 heavy (non-hydrogen) atoms. The van der Waals surface area contributed by atoms with Gasteiger partial charge >= 0.3 is 5.97 Å². The summed E-state index contributed by atoms with van der Waals surface area (Å²) < 4.78 is 0. The number of aliphatic carboxylic acids is 1. The minimum absolute atomic E-state index is 0.0393. The number of ketones is 2. The summed E-state index contributed by atoms with van der Waals surface area (Å²) in [6.07, 6.45) is 10.2. The zero-order chi connectivity index (χ0) is 19.4. The molecule has 1 N–H and O–H groups in total. The molecule has 0 aromatic heterocycles. The highest BCUT2D eigenvalue weighted by Crippen LogP contribution is 2.66. The molecule has 6 atom stereocenters. The van der Waals surface area contributed by atoms with E-state index >= 15 is 0 Å². The van der Waals surface area contributed by atoms with Crippen LogP contribution < -0.4 is 0 Å². The van der Waals surface area contributed by atoms with Crippen LogP contribution in [0.4, 0.5) is 0 Å². The first-order valence-electron chi connectivity index (χ1n) is 10.7. The molecule has 3 fully saturated rings. The smallest absolute Gasteiger partial charge is 0.303 e. The van der Waals surface area contributed by atoms with Gasteiger partial charge in [0.2, 0.25) is 0 Å². The second-order valence-electron chi connectivity index (χ2n) is 10.0. The van der Waals surface area contributed by atoms with Crippen LogP contribution in [0.25, 0.3) is 0 Å². The third kappa shape index (κ3) is 2.91.